The predicted octanol–water partition coefficient (Wildman–Crippen LogP) is 1.04. The van der Waals surface area contributed by atoms with Crippen molar-refractivity contribution in [2.75, 3.05) is 31.6 Å². The predicted molar refractivity (Wildman–Crippen MR) is 65.1 cm³/mol. The molecule has 92 valence electrons. The number of nitrogens with zero attached hydrogens (tertiary/aromatic N) is 3. The maximum Gasteiger partial charge on any atom is 0.287 e. The fourth-order valence-electron chi connectivity index (χ4n) is 2.06. The summed E-state index contributed by atoms with van der Waals surface area (Å²) in [7, 11) is 1.96. The van der Waals surface area contributed by atoms with Crippen LogP contribution in [0.2, 0.25) is 0 Å². The molecular weight excluding hydrogens is 220 g/mol. The van der Waals surface area contributed by atoms with Crippen LogP contribution in [0.15, 0.2) is 18.3 Å². The molecule has 6 nitrogen and oxygen atoms in total. The molecule has 1 aromatic rings. The van der Waals surface area contributed by atoms with Crippen molar-refractivity contribution in [2.45, 2.75) is 6.42 Å². The molecule has 0 radical (unpaired) electrons. The van der Waals surface area contributed by atoms with Gasteiger partial charge >= 0.3 is 0 Å². The summed E-state index contributed by atoms with van der Waals surface area (Å²) >= 11 is 0. The molecule has 0 aromatic carbocycles. The van der Waals surface area contributed by atoms with Crippen molar-refractivity contribution in [1.82, 2.24) is 10.3 Å². The molecule has 1 atom stereocenters. The van der Waals surface area contributed by atoms with Gasteiger partial charge < -0.3 is 10.2 Å². The molecule has 1 saturated heterocycles. The minimum atomic E-state index is -0.433. The highest BCUT2D eigenvalue weighted by Crippen LogP contribution is 2.17. The zero-order valence-electron chi connectivity index (χ0n) is 9.80. The van der Waals surface area contributed by atoms with Gasteiger partial charge in [-0.15, -0.1) is 0 Å². The van der Waals surface area contributed by atoms with Crippen molar-refractivity contribution >= 4 is 11.5 Å². The van der Waals surface area contributed by atoms with Crippen molar-refractivity contribution in [1.29, 1.82) is 0 Å². The van der Waals surface area contributed by atoms with Crippen molar-refractivity contribution < 1.29 is 4.92 Å². The van der Waals surface area contributed by atoms with E-state index < -0.39 is 4.92 Å². The highest BCUT2D eigenvalue weighted by molar-refractivity contribution is 5.42. The first kappa shape index (κ1) is 11.8. The van der Waals surface area contributed by atoms with E-state index in [-0.39, 0.29) is 5.69 Å². The van der Waals surface area contributed by atoms with Crippen molar-refractivity contribution in [3.8, 4) is 0 Å². The van der Waals surface area contributed by atoms with Gasteiger partial charge in [0.25, 0.3) is 5.69 Å². The molecule has 1 N–H and O–H groups in total. The average molecular weight is 236 g/mol. The molecule has 17 heavy (non-hydrogen) atoms. The van der Waals surface area contributed by atoms with Crippen LogP contribution in [0.4, 0.5) is 11.5 Å². The molecule has 1 aliphatic rings. The number of rotatable bonds is 4. The van der Waals surface area contributed by atoms with Gasteiger partial charge in [0.15, 0.2) is 0 Å². The van der Waals surface area contributed by atoms with Crippen LogP contribution in [-0.2, 0) is 0 Å². The number of anilines is 1. The minimum absolute atomic E-state index is 0.0321. The molecule has 0 saturated carbocycles. The summed E-state index contributed by atoms with van der Waals surface area (Å²) in [6, 6.07) is 3.19. The van der Waals surface area contributed by atoms with E-state index in [9.17, 15) is 10.1 Å². The van der Waals surface area contributed by atoms with Crippen LogP contribution in [0.3, 0.4) is 0 Å². The molecule has 2 rings (SSSR count). The van der Waals surface area contributed by atoms with Crippen LogP contribution >= 0.6 is 0 Å². The minimum Gasteiger partial charge on any atom is -0.359 e. The van der Waals surface area contributed by atoms with Crippen LogP contribution in [-0.4, -0.2) is 36.6 Å². The van der Waals surface area contributed by atoms with E-state index in [0.29, 0.717) is 5.92 Å². The van der Waals surface area contributed by atoms with Crippen molar-refractivity contribution in [3.63, 3.8) is 0 Å². The van der Waals surface area contributed by atoms with Gasteiger partial charge in [-0.05, 0) is 31.5 Å². The third-order valence-electron chi connectivity index (χ3n) is 3.03. The van der Waals surface area contributed by atoms with Crippen LogP contribution in [0.1, 0.15) is 6.42 Å². The molecule has 1 aromatic heterocycles. The second-order valence-electron chi connectivity index (χ2n) is 4.37. The van der Waals surface area contributed by atoms with Crippen LogP contribution in [0.25, 0.3) is 0 Å². The third-order valence-corrected chi connectivity index (χ3v) is 3.03. The number of hydrogen-bond donors (Lipinski definition) is 1. The van der Waals surface area contributed by atoms with Crippen LogP contribution in [0, 0.1) is 16.0 Å². The number of aromatic nitrogens is 1. The average Bonchev–Trinajstić information content (AvgIpc) is 2.82. The summed E-state index contributed by atoms with van der Waals surface area (Å²) in [6.07, 6.45) is 2.48. The molecular formula is C11H16N4O2. The second-order valence-corrected chi connectivity index (χ2v) is 4.37. The number of nitrogens with one attached hydrogen (secondary N) is 1. The van der Waals surface area contributed by atoms with Gasteiger partial charge in [-0.2, -0.15) is 0 Å². The quantitative estimate of drug-likeness (QED) is 0.624. The first-order chi connectivity index (χ1) is 8.16. The molecule has 0 amide bonds. The zero-order valence-corrected chi connectivity index (χ0v) is 9.80. The first-order valence-electron chi connectivity index (χ1n) is 5.69. The summed E-state index contributed by atoms with van der Waals surface area (Å²) in [5, 5.41) is 13.8. The fraction of sp³-hybridized carbons (Fsp3) is 0.545. The lowest BCUT2D eigenvalue weighted by molar-refractivity contribution is -0.385. The van der Waals surface area contributed by atoms with Gasteiger partial charge in [-0.1, -0.05) is 0 Å². The van der Waals surface area contributed by atoms with Crippen LogP contribution < -0.4 is 10.2 Å². The summed E-state index contributed by atoms with van der Waals surface area (Å²) in [4.78, 5) is 16.2. The van der Waals surface area contributed by atoms with E-state index in [1.165, 1.54) is 18.7 Å². The van der Waals surface area contributed by atoms with Gasteiger partial charge in [0.05, 0.1) is 4.92 Å². The van der Waals surface area contributed by atoms with Crippen molar-refractivity contribution in [3.05, 3.63) is 28.4 Å². The zero-order chi connectivity index (χ0) is 12.3. The highest BCUT2D eigenvalue weighted by atomic mass is 16.6. The lowest BCUT2D eigenvalue weighted by Crippen LogP contribution is -2.27. The Hall–Kier alpha value is -1.69. The molecule has 0 bridgehead atoms. The van der Waals surface area contributed by atoms with E-state index >= 15 is 0 Å². The Bertz CT molecular complexity index is 387. The van der Waals surface area contributed by atoms with E-state index in [2.05, 4.69) is 10.3 Å². The number of hydrogen-bond acceptors (Lipinski definition) is 5. The Kier molecular flexibility index (Phi) is 3.53. The monoisotopic (exact) mass is 236 g/mol. The van der Waals surface area contributed by atoms with Gasteiger partial charge in [-0.25, -0.2) is 4.98 Å². The third kappa shape index (κ3) is 2.91. The first-order valence-corrected chi connectivity index (χ1v) is 5.69. The Labute approximate surface area is 99.8 Å². The Balaban J connectivity index is 1.98. The molecule has 2 heterocycles. The maximum atomic E-state index is 10.5. The standard InChI is InChI=1S/C11H16N4O2/c1-14(8-9-4-5-12-6-9)11-3-2-10(7-13-11)15(16)17/h2-3,7,9,12H,4-6,8H2,1H3/t9-/m1/s1. The largest absolute Gasteiger partial charge is 0.359 e. The fourth-order valence-corrected chi connectivity index (χ4v) is 2.06. The Morgan fingerprint density at radius 2 is 2.47 bits per heavy atom. The van der Waals surface area contributed by atoms with E-state index in [1.807, 2.05) is 11.9 Å². The summed E-state index contributed by atoms with van der Waals surface area (Å²) in [5.74, 6) is 1.42. The molecule has 1 aliphatic heterocycles. The molecule has 0 aliphatic carbocycles. The summed E-state index contributed by atoms with van der Waals surface area (Å²) in [6.45, 7) is 3.04. The van der Waals surface area contributed by atoms with Crippen LogP contribution in [0.5, 0.6) is 0 Å². The van der Waals surface area contributed by atoms with E-state index in [4.69, 9.17) is 0 Å². The highest BCUT2D eigenvalue weighted by Gasteiger charge is 2.17. The maximum absolute atomic E-state index is 10.5. The normalized spacial score (nSPS) is 19.2. The Morgan fingerprint density at radius 3 is 3.00 bits per heavy atom. The smallest absolute Gasteiger partial charge is 0.287 e. The van der Waals surface area contributed by atoms with Gasteiger partial charge in [0.2, 0.25) is 0 Å². The number of pyridine rings is 1. The Morgan fingerprint density at radius 1 is 1.65 bits per heavy atom. The van der Waals surface area contributed by atoms with Gasteiger partial charge in [0.1, 0.15) is 12.0 Å². The summed E-state index contributed by atoms with van der Waals surface area (Å²) < 4.78 is 0. The van der Waals surface area contributed by atoms with Gasteiger partial charge in [0, 0.05) is 19.7 Å². The SMILES string of the molecule is CN(C[C@@H]1CCNC1)c1ccc([N+](=O)[O-])cn1. The molecule has 6 heteroatoms. The molecule has 0 unspecified atom stereocenters. The second kappa shape index (κ2) is 5.09. The lowest BCUT2D eigenvalue weighted by Gasteiger charge is -2.21. The molecule has 0 spiro atoms. The number of nitro groups is 1. The van der Waals surface area contributed by atoms with E-state index in [0.717, 1.165) is 25.5 Å². The van der Waals surface area contributed by atoms with Gasteiger partial charge in [-0.3, -0.25) is 10.1 Å². The van der Waals surface area contributed by atoms with Crippen molar-refractivity contribution in [2.24, 2.45) is 5.92 Å². The van der Waals surface area contributed by atoms with E-state index in [1.54, 1.807) is 6.07 Å². The topological polar surface area (TPSA) is 71.3 Å². The lowest BCUT2D eigenvalue weighted by atomic mass is 10.1. The summed E-state index contributed by atoms with van der Waals surface area (Å²) in [5.41, 5.74) is 0.0321. The molecule has 1 fully saturated rings.